The van der Waals surface area contributed by atoms with E-state index in [4.69, 9.17) is 14.2 Å². The van der Waals surface area contributed by atoms with E-state index in [0.717, 1.165) is 141 Å². The zero-order valence-corrected chi connectivity index (χ0v) is 50.2. The monoisotopic (exact) mass is 1070 g/mol. The van der Waals surface area contributed by atoms with Crippen LogP contribution in [0, 0.1) is 0 Å². The highest BCUT2D eigenvalue weighted by Crippen LogP contribution is 2.15. The number of ether oxygens (including phenoxy) is 3. The molecule has 0 aliphatic rings. The Hall–Kier alpha value is -4.19. The second-order valence-electron chi connectivity index (χ2n) is 20.9. The Morgan fingerprint density at radius 2 is 0.532 bits per heavy atom. The highest BCUT2D eigenvalue weighted by atomic mass is 16.6. The van der Waals surface area contributed by atoms with Crippen molar-refractivity contribution in [3.8, 4) is 0 Å². The van der Waals surface area contributed by atoms with Crippen LogP contribution in [0.3, 0.4) is 0 Å². The number of carbonyl (C=O) groups is 3. The molecule has 0 spiro atoms. The van der Waals surface area contributed by atoms with Crippen LogP contribution < -0.4 is 0 Å². The molecule has 0 saturated carbocycles. The first-order valence-corrected chi connectivity index (χ1v) is 32.0. The highest BCUT2D eigenvalue weighted by molar-refractivity contribution is 5.71. The van der Waals surface area contributed by atoms with Crippen molar-refractivity contribution in [2.45, 2.75) is 297 Å². The summed E-state index contributed by atoms with van der Waals surface area (Å²) in [5.74, 6) is -0.945. The molecular formula is C71H118O6. The van der Waals surface area contributed by atoms with E-state index in [1.807, 2.05) is 0 Å². The van der Waals surface area contributed by atoms with Crippen molar-refractivity contribution in [1.82, 2.24) is 0 Å². The number of allylic oxidation sites excluding steroid dienone is 20. The summed E-state index contributed by atoms with van der Waals surface area (Å²) >= 11 is 0. The van der Waals surface area contributed by atoms with Gasteiger partial charge < -0.3 is 14.2 Å². The van der Waals surface area contributed by atoms with Crippen molar-refractivity contribution in [3.05, 3.63) is 122 Å². The smallest absolute Gasteiger partial charge is 0.306 e. The normalized spacial score (nSPS) is 12.9. The van der Waals surface area contributed by atoms with Crippen LogP contribution in [0.15, 0.2) is 122 Å². The van der Waals surface area contributed by atoms with E-state index in [-0.39, 0.29) is 37.5 Å². The van der Waals surface area contributed by atoms with Gasteiger partial charge in [-0.15, -0.1) is 0 Å². The second-order valence-corrected chi connectivity index (χ2v) is 20.9. The maximum absolute atomic E-state index is 12.9. The van der Waals surface area contributed by atoms with Gasteiger partial charge in [0.15, 0.2) is 6.10 Å². The number of hydrogen-bond donors (Lipinski definition) is 0. The molecule has 0 aliphatic heterocycles. The van der Waals surface area contributed by atoms with Gasteiger partial charge in [0.25, 0.3) is 0 Å². The third-order valence-corrected chi connectivity index (χ3v) is 13.4. The summed E-state index contributed by atoms with van der Waals surface area (Å²) in [7, 11) is 0. The Labute approximate surface area is 475 Å². The van der Waals surface area contributed by atoms with Gasteiger partial charge in [-0.3, -0.25) is 14.4 Å². The predicted molar refractivity (Wildman–Crippen MR) is 334 cm³/mol. The fourth-order valence-corrected chi connectivity index (χ4v) is 8.63. The molecule has 0 aromatic heterocycles. The summed E-state index contributed by atoms with van der Waals surface area (Å²) in [5.41, 5.74) is 0. The summed E-state index contributed by atoms with van der Waals surface area (Å²) < 4.78 is 16.9. The average molecular weight is 1070 g/mol. The van der Waals surface area contributed by atoms with Crippen LogP contribution in [0.25, 0.3) is 0 Å². The maximum Gasteiger partial charge on any atom is 0.306 e. The van der Waals surface area contributed by atoms with Gasteiger partial charge >= 0.3 is 17.9 Å². The first kappa shape index (κ1) is 72.8. The Morgan fingerprint density at radius 3 is 0.857 bits per heavy atom. The minimum Gasteiger partial charge on any atom is -0.462 e. The fourth-order valence-electron chi connectivity index (χ4n) is 8.63. The fraction of sp³-hybridized carbons (Fsp3) is 0.676. The third kappa shape index (κ3) is 62.5. The number of hydrogen-bond acceptors (Lipinski definition) is 6. The van der Waals surface area contributed by atoms with Crippen molar-refractivity contribution in [3.63, 3.8) is 0 Å². The summed E-state index contributed by atoms with van der Waals surface area (Å²) in [6.45, 7) is 6.42. The molecule has 1 atom stereocenters. The van der Waals surface area contributed by atoms with Crippen LogP contribution >= 0.6 is 0 Å². The van der Waals surface area contributed by atoms with E-state index in [1.54, 1.807) is 0 Å². The first-order chi connectivity index (χ1) is 38.0. The van der Waals surface area contributed by atoms with Gasteiger partial charge in [0, 0.05) is 19.3 Å². The largest absolute Gasteiger partial charge is 0.462 e. The summed E-state index contributed by atoms with van der Waals surface area (Å²) in [6.07, 6.45) is 89.2. The zero-order valence-electron chi connectivity index (χ0n) is 50.2. The molecule has 6 heteroatoms. The van der Waals surface area contributed by atoms with E-state index in [0.29, 0.717) is 12.8 Å². The van der Waals surface area contributed by atoms with E-state index in [9.17, 15) is 14.4 Å². The molecule has 0 aromatic rings. The van der Waals surface area contributed by atoms with Crippen LogP contribution in [0.2, 0.25) is 0 Å². The molecule has 0 amide bonds. The van der Waals surface area contributed by atoms with E-state index in [2.05, 4.69) is 142 Å². The molecule has 0 rings (SSSR count). The molecule has 6 nitrogen and oxygen atoms in total. The van der Waals surface area contributed by atoms with Gasteiger partial charge in [-0.2, -0.15) is 0 Å². The van der Waals surface area contributed by atoms with Gasteiger partial charge in [-0.25, -0.2) is 0 Å². The lowest BCUT2D eigenvalue weighted by molar-refractivity contribution is -0.167. The second kappa shape index (κ2) is 64.3. The minimum absolute atomic E-state index is 0.0991. The molecule has 1 unspecified atom stereocenters. The molecule has 438 valence electrons. The Kier molecular flexibility index (Phi) is 60.8. The number of unbranched alkanes of at least 4 members (excludes halogenated alkanes) is 26. The van der Waals surface area contributed by atoms with Crippen molar-refractivity contribution in [1.29, 1.82) is 0 Å². The predicted octanol–water partition coefficient (Wildman–Crippen LogP) is 22.0. The molecule has 0 heterocycles. The summed E-state index contributed by atoms with van der Waals surface area (Å²) in [4.78, 5) is 38.3. The molecule has 0 aromatic carbocycles. The topological polar surface area (TPSA) is 78.9 Å². The maximum atomic E-state index is 12.9. The molecule has 0 N–H and O–H groups in total. The molecule has 0 radical (unpaired) electrons. The van der Waals surface area contributed by atoms with E-state index < -0.39 is 6.10 Å². The Morgan fingerprint density at radius 1 is 0.273 bits per heavy atom. The van der Waals surface area contributed by atoms with Crippen LogP contribution in [0.5, 0.6) is 0 Å². The molecule has 0 bridgehead atoms. The van der Waals surface area contributed by atoms with Crippen LogP contribution in [-0.4, -0.2) is 37.2 Å². The van der Waals surface area contributed by atoms with Crippen molar-refractivity contribution in [2.24, 2.45) is 0 Å². The molecule has 77 heavy (non-hydrogen) atoms. The third-order valence-electron chi connectivity index (χ3n) is 13.4. The van der Waals surface area contributed by atoms with Crippen molar-refractivity contribution in [2.75, 3.05) is 13.2 Å². The number of esters is 3. The first-order valence-electron chi connectivity index (χ1n) is 32.0. The highest BCUT2D eigenvalue weighted by Gasteiger charge is 2.19. The standard InChI is InChI=1S/C71H118O6/c1-4-7-10-13-16-19-22-25-27-29-31-32-33-34-35-36-37-38-40-41-43-46-49-52-55-58-61-64-70(73)76-67-68(66-75-69(72)63-60-57-54-51-48-45-24-21-18-15-12-9-6-3)77-71(74)65-62-59-56-53-50-47-44-42-39-30-28-26-23-20-17-14-11-8-5-2/h8,11-12,15,17,20-22,24-26,28-29,31,33-34,39,42,47,50,68H,4-7,9-10,13-14,16,18-19,23,27,30,32,35-38,40-41,43-46,48-49,51-67H2,1-3H3/b11-8-,15-12-,20-17-,24-21-,25-22-,28-26-,31-29-,34-33-,42-39-,50-47-. The lowest BCUT2D eigenvalue weighted by atomic mass is 10.0. The summed E-state index contributed by atoms with van der Waals surface area (Å²) in [5, 5.41) is 0. The molecule has 0 fully saturated rings. The average Bonchev–Trinajstić information content (AvgIpc) is 3.43. The van der Waals surface area contributed by atoms with Crippen LogP contribution in [0.1, 0.15) is 290 Å². The van der Waals surface area contributed by atoms with Crippen LogP contribution in [0.4, 0.5) is 0 Å². The van der Waals surface area contributed by atoms with Gasteiger partial charge in [0.05, 0.1) is 0 Å². The number of carbonyl (C=O) groups excluding carboxylic acids is 3. The van der Waals surface area contributed by atoms with Crippen LogP contribution in [-0.2, 0) is 28.6 Å². The lowest BCUT2D eigenvalue weighted by Gasteiger charge is -2.18. The molecule has 0 saturated heterocycles. The lowest BCUT2D eigenvalue weighted by Crippen LogP contribution is -2.30. The quantitative estimate of drug-likeness (QED) is 0.0261. The van der Waals surface area contributed by atoms with E-state index >= 15 is 0 Å². The van der Waals surface area contributed by atoms with Crippen molar-refractivity contribution >= 4 is 17.9 Å². The Balaban J connectivity index is 4.36. The van der Waals surface area contributed by atoms with Gasteiger partial charge in [-0.1, -0.05) is 264 Å². The van der Waals surface area contributed by atoms with Gasteiger partial charge in [0.1, 0.15) is 13.2 Å². The van der Waals surface area contributed by atoms with Gasteiger partial charge in [0.2, 0.25) is 0 Å². The van der Waals surface area contributed by atoms with E-state index in [1.165, 1.54) is 109 Å². The summed E-state index contributed by atoms with van der Waals surface area (Å²) in [6, 6.07) is 0. The van der Waals surface area contributed by atoms with Gasteiger partial charge in [-0.05, 0) is 128 Å². The van der Waals surface area contributed by atoms with Crippen molar-refractivity contribution < 1.29 is 28.6 Å². The molecular weight excluding hydrogens is 949 g/mol. The molecule has 0 aliphatic carbocycles. The SMILES string of the molecule is CC/C=C\C/C=C\C/C=C\C/C=C\C/C=C\CCCCCC(=O)OC(COC(=O)CCCCCCC/C=C\C/C=C\CCC)COC(=O)CCCCCCCCCCCCCC/C=C\C/C=C\C/C=C\CCCCCCC. The zero-order chi connectivity index (χ0) is 55.7. The Bertz CT molecular complexity index is 1600. The minimum atomic E-state index is -0.806. The number of rotatable bonds is 57.